The van der Waals surface area contributed by atoms with E-state index in [-0.39, 0.29) is 11.6 Å². The van der Waals surface area contributed by atoms with Crippen LogP contribution >= 0.6 is 0 Å². The van der Waals surface area contributed by atoms with Gasteiger partial charge in [-0.25, -0.2) is 4.90 Å². The Bertz CT molecular complexity index is 1260. The van der Waals surface area contributed by atoms with Gasteiger partial charge in [-0.3, -0.25) is 9.59 Å². The van der Waals surface area contributed by atoms with Gasteiger partial charge in [0, 0.05) is 11.8 Å². The molecule has 0 unspecified atom stereocenters. The van der Waals surface area contributed by atoms with Crippen LogP contribution in [0.25, 0.3) is 5.57 Å². The minimum absolute atomic E-state index is 0.235. The predicted molar refractivity (Wildman–Crippen MR) is 134 cm³/mol. The summed E-state index contributed by atoms with van der Waals surface area (Å²) in [6.45, 7) is 6.58. The second-order valence-corrected chi connectivity index (χ2v) is 8.19. The van der Waals surface area contributed by atoms with E-state index in [4.69, 9.17) is 9.47 Å². The minimum atomic E-state index is -0.415. The van der Waals surface area contributed by atoms with E-state index < -0.39 is 5.91 Å². The second-order valence-electron chi connectivity index (χ2n) is 8.19. The Balaban J connectivity index is 1.77. The van der Waals surface area contributed by atoms with Gasteiger partial charge in [-0.1, -0.05) is 31.2 Å². The van der Waals surface area contributed by atoms with Crippen molar-refractivity contribution in [3.63, 3.8) is 0 Å². The summed E-state index contributed by atoms with van der Waals surface area (Å²) in [4.78, 5) is 28.5. The molecule has 0 aromatic heterocycles. The Morgan fingerprint density at radius 2 is 1.62 bits per heavy atom. The maximum atomic E-state index is 13.7. The summed E-state index contributed by atoms with van der Waals surface area (Å²) in [6.07, 6.45) is 0.861. The molecular weight excluding hydrogens is 428 g/mol. The van der Waals surface area contributed by atoms with Crippen molar-refractivity contribution in [2.45, 2.75) is 27.2 Å². The van der Waals surface area contributed by atoms with Gasteiger partial charge in [0.1, 0.15) is 17.2 Å². The van der Waals surface area contributed by atoms with Crippen LogP contribution in [0.3, 0.4) is 0 Å². The van der Waals surface area contributed by atoms with Crippen LogP contribution < -0.4 is 19.7 Å². The molecule has 1 N–H and O–H groups in total. The van der Waals surface area contributed by atoms with Crippen LogP contribution in [0.2, 0.25) is 0 Å². The number of imide groups is 1. The van der Waals surface area contributed by atoms with Gasteiger partial charge in [0.25, 0.3) is 11.8 Å². The number of methoxy groups -OCH3 is 1. The van der Waals surface area contributed by atoms with E-state index in [0.29, 0.717) is 40.6 Å². The number of anilines is 2. The molecule has 1 aliphatic rings. The zero-order valence-corrected chi connectivity index (χ0v) is 19.8. The zero-order chi connectivity index (χ0) is 24.2. The largest absolute Gasteiger partial charge is 0.497 e. The molecule has 0 aliphatic carbocycles. The van der Waals surface area contributed by atoms with Crippen LogP contribution in [0.5, 0.6) is 11.5 Å². The molecule has 6 nitrogen and oxygen atoms in total. The van der Waals surface area contributed by atoms with Crippen LogP contribution in [0, 0.1) is 13.8 Å². The number of nitrogens with one attached hydrogen (secondary N) is 1. The molecule has 2 amide bonds. The first kappa shape index (κ1) is 23.1. The maximum absolute atomic E-state index is 13.7. The molecular formula is C28H28N2O4. The fourth-order valence-electron chi connectivity index (χ4n) is 3.80. The molecule has 0 atom stereocenters. The molecule has 4 rings (SSSR count). The quantitative estimate of drug-likeness (QED) is 0.454. The van der Waals surface area contributed by atoms with E-state index >= 15 is 0 Å². The first-order chi connectivity index (χ1) is 16.4. The van der Waals surface area contributed by atoms with Gasteiger partial charge in [0.15, 0.2) is 0 Å². The smallest absolute Gasteiger partial charge is 0.282 e. The lowest BCUT2D eigenvalue weighted by atomic mass is 9.99. The Labute approximate surface area is 199 Å². The molecule has 1 aliphatic heterocycles. The highest BCUT2D eigenvalue weighted by molar-refractivity contribution is 6.46. The third-order valence-electron chi connectivity index (χ3n) is 5.79. The molecule has 0 saturated heterocycles. The lowest BCUT2D eigenvalue weighted by Crippen LogP contribution is -2.32. The number of hydrogen-bond acceptors (Lipinski definition) is 5. The molecule has 34 heavy (non-hydrogen) atoms. The van der Waals surface area contributed by atoms with Crippen molar-refractivity contribution in [1.82, 2.24) is 0 Å². The van der Waals surface area contributed by atoms with Crippen molar-refractivity contribution in [3.8, 4) is 11.5 Å². The molecule has 6 heteroatoms. The molecule has 0 fully saturated rings. The van der Waals surface area contributed by atoms with E-state index in [9.17, 15) is 9.59 Å². The Morgan fingerprint density at radius 3 is 2.29 bits per heavy atom. The molecule has 0 radical (unpaired) electrons. The molecule has 1 heterocycles. The van der Waals surface area contributed by atoms with Crippen LogP contribution in [0.15, 0.2) is 72.4 Å². The van der Waals surface area contributed by atoms with Gasteiger partial charge in [-0.15, -0.1) is 0 Å². The fraction of sp³-hybridized carbons (Fsp3) is 0.214. The van der Waals surface area contributed by atoms with Gasteiger partial charge in [-0.05, 0) is 73.4 Å². The molecule has 174 valence electrons. The summed E-state index contributed by atoms with van der Waals surface area (Å²) in [6, 6.07) is 20.1. The predicted octanol–water partition coefficient (Wildman–Crippen LogP) is 5.50. The minimum Gasteiger partial charge on any atom is -0.497 e. The van der Waals surface area contributed by atoms with Crippen molar-refractivity contribution >= 4 is 28.8 Å². The van der Waals surface area contributed by atoms with Crippen molar-refractivity contribution in [2.75, 3.05) is 23.9 Å². The highest BCUT2D eigenvalue weighted by Crippen LogP contribution is 2.35. The number of rotatable bonds is 8. The number of ether oxygens (including phenoxy) is 2. The normalized spacial score (nSPS) is 13.5. The number of benzene rings is 3. The van der Waals surface area contributed by atoms with Crippen LogP contribution in [-0.2, 0) is 9.59 Å². The lowest BCUT2D eigenvalue weighted by molar-refractivity contribution is -0.120. The highest BCUT2D eigenvalue weighted by atomic mass is 16.5. The number of nitrogens with zero attached hydrogens (tertiary/aromatic N) is 1. The third-order valence-corrected chi connectivity index (χ3v) is 5.79. The SMILES string of the molecule is CCCOc1cccc(N2C(=O)C(Nc3ccc(OC)cc3)=C(c3ccc(C)c(C)c3)C2=O)c1. The van der Waals surface area contributed by atoms with E-state index in [1.807, 2.05) is 57.2 Å². The van der Waals surface area contributed by atoms with Crippen molar-refractivity contribution in [2.24, 2.45) is 0 Å². The van der Waals surface area contributed by atoms with Gasteiger partial charge in [-0.2, -0.15) is 0 Å². The number of amides is 2. The number of hydrogen-bond donors (Lipinski definition) is 1. The monoisotopic (exact) mass is 456 g/mol. The van der Waals surface area contributed by atoms with Gasteiger partial charge >= 0.3 is 0 Å². The van der Waals surface area contributed by atoms with Crippen LogP contribution in [0.1, 0.15) is 30.0 Å². The fourth-order valence-corrected chi connectivity index (χ4v) is 3.80. The average Bonchev–Trinajstić information content (AvgIpc) is 3.09. The van der Waals surface area contributed by atoms with E-state index in [1.54, 1.807) is 37.4 Å². The van der Waals surface area contributed by atoms with Crippen LogP contribution in [0.4, 0.5) is 11.4 Å². The van der Waals surface area contributed by atoms with Crippen molar-refractivity contribution in [3.05, 3.63) is 89.1 Å². The summed E-state index contributed by atoms with van der Waals surface area (Å²) in [7, 11) is 1.60. The standard InChI is InChI=1S/C28H28N2O4/c1-5-15-34-24-8-6-7-22(17-24)30-27(31)25(20-10-9-18(2)19(3)16-20)26(28(30)32)29-21-11-13-23(33-4)14-12-21/h6-14,16-17,29H,5,15H2,1-4H3. The molecule has 0 saturated carbocycles. The Morgan fingerprint density at radius 1 is 0.853 bits per heavy atom. The summed E-state index contributed by atoms with van der Waals surface area (Å²) < 4.78 is 10.9. The zero-order valence-electron chi connectivity index (χ0n) is 19.8. The van der Waals surface area contributed by atoms with E-state index in [2.05, 4.69) is 5.32 Å². The summed E-state index contributed by atoms with van der Waals surface area (Å²) in [5.41, 5.74) is 4.57. The van der Waals surface area contributed by atoms with E-state index in [1.165, 1.54) is 4.90 Å². The summed E-state index contributed by atoms with van der Waals surface area (Å²) >= 11 is 0. The number of aryl methyl sites for hydroxylation is 2. The Hall–Kier alpha value is -4.06. The lowest BCUT2D eigenvalue weighted by Gasteiger charge is -2.17. The molecule has 3 aromatic carbocycles. The topological polar surface area (TPSA) is 67.9 Å². The third kappa shape index (κ3) is 4.53. The molecule has 3 aromatic rings. The second kappa shape index (κ2) is 9.83. The Kier molecular flexibility index (Phi) is 6.68. The summed E-state index contributed by atoms with van der Waals surface area (Å²) in [5.74, 6) is 0.524. The average molecular weight is 457 g/mol. The number of carbonyl (C=O) groups is 2. The first-order valence-corrected chi connectivity index (χ1v) is 11.3. The van der Waals surface area contributed by atoms with Crippen molar-refractivity contribution in [1.29, 1.82) is 0 Å². The molecule has 0 bridgehead atoms. The number of carbonyl (C=O) groups excluding carboxylic acids is 2. The van der Waals surface area contributed by atoms with Crippen molar-refractivity contribution < 1.29 is 19.1 Å². The summed E-state index contributed by atoms with van der Waals surface area (Å²) in [5, 5.41) is 3.18. The van der Waals surface area contributed by atoms with Crippen LogP contribution in [-0.4, -0.2) is 25.5 Å². The maximum Gasteiger partial charge on any atom is 0.282 e. The first-order valence-electron chi connectivity index (χ1n) is 11.3. The highest BCUT2D eigenvalue weighted by Gasteiger charge is 2.40. The van der Waals surface area contributed by atoms with Gasteiger partial charge in [0.2, 0.25) is 0 Å². The van der Waals surface area contributed by atoms with E-state index in [0.717, 1.165) is 17.5 Å². The van der Waals surface area contributed by atoms with Gasteiger partial charge < -0.3 is 14.8 Å². The molecule has 0 spiro atoms. The van der Waals surface area contributed by atoms with Gasteiger partial charge in [0.05, 0.1) is 25.0 Å².